The Hall–Kier alpha value is -2.29. The van der Waals surface area contributed by atoms with Gasteiger partial charge in [0.1, 0.15) is 5.75 Å². The van der Waals surface area contributed by atoms with Crippen LogP contribution in [0.4, 0.5) is 0 Å². The Balaban J connectivity index is 2.54. The zero-order valence-electron chi connectivity index (χ0n) is 14.4. The number of methoxy groups -OCH3 is 1. The highest BCUT2D eigenvalue weighted by Gasteiger charge is 2.23. The van der Waals surface area contributed by atoms with Crippen molar-refractivity contribution in [2.45, 2.75) is 26.7 Å². The maximum Gasteiger partial charge on any atom is 0.254 e. The predicted octanol–water partition coefficient (Wildman–Crippen LogP) is 4.33. The number of amides is 1. The third-order valence-electron chi connectivity index (χ3n) is 4.30. The molecule has 23 heavy (non-hydrogen) atoms. The normalized spacial score (nSPS) is 11.8. The molecule has 0 heterocycles. The minimum atomic E-state index is 0.0617. The highest BCUT2D eigenvalue weighted by Crippen LogP contribution is 2.35. The van der Waals surface area contributed by atoms with Crippen LogP contribution in [-0.4, -0.2) is 31.0 Å². The summed E-state index contributed by atoms with van der Waals surface area (Å²) in [6, 6.07) is 15.9. The van der Waals surface area contributed by atoms with Gasteiger partial charge in [0.25, 0.3) is 5.91 Å². The SMILES string of the molecule is CCN(CC)C(=O)c1cccc(OC)c1[C@H](C)c1ccccc1. The molecule has 2 aromatic rings. The van der Waals surface area contributed by atoms with E-state index in [9.17, 15) is 4.79 Å². The van der Waals surface area contributed by atoms with Crippen molar-refractivity contribution in [1.29, 1.82) is 0 Å². The molecule has 0 aliphatic heterocycles. The van der Waals surface area contributed by atoms with Gasteiger partial charge >= 0.3 is 0 Å². The van der Waals surface area contributed by atoms with Crippen molar-refractivity contribution < 1.29 is 9.53 Å². The molecule has 122 valence electrons. The lowest BCUT2D eigenvalue weighted by Crippen LogP contribution is -2.31. The Bertz CT molecular complexity index is 648. The van der Waals surface area contributed by atoms with E-state index in [0.717, 1.165) is 16.9 Å². The van der Waals surface area contributed by atoms with Crippen molar-refractivity contribution in [1.82, 2.24) is 4.90 Å². The second-order valence-electron chi connectivity index (χ2n) is 5.53. The fourth-order valence-electron chi connectivity index (χ4n) is 2.94. The number of ether oxygens (including phenoxy) is 1. The fourth-order valence-corrected chi connectivity index (χ4v) is 2.94. The zero-order chi connectivity index (χ0) is 16.8. The van der Waals surface area contributed by atoms with Crippen LogP contribution in [0.5, 0.6) is 5.75 Å². The van der Waals surface area contributed by atoms with E-state index in [1.165, 1.54) is 5.56 Å². The summed E-state index contributed by atoms with van der Waals surface area (Å²) in [7, 11) is 1.65. The maximum atomic E-state index is 12.9. The van der Waals surface area contributed by atoms with Crippen LogP contribution in [0.2, 0.25) is 0 Å². The van der Waals surface area contributed by atoms with Crippen molar-refractivity contribution in [2.24, 2.45) is 0 Å². The molecule has 1 amide bonds. The molecular formula is C20H25NO2. The molecule has 0 spiro atoms. The number of hydrogen-bond acceptors (Lipinski definition) is 2. The molecule has 0 radical (unpaired) electrons. The van der Waals surface area contributed by atoms with Crippen molar-refractivity contribution in [2.75, 3.05) is 20.2 Å². The van der Waals surface area contributed by atoms with Crippen molar-refractivity contribution in [3.63, 3.8) is 0 Å². The van der Waals surface area contributed by atoms with E-state index in [1.807, 2.05) is 55.1 Å². The van der Waals surface area contributed by atoms with Crippen LogP contribution in [0.3, 0.4) is 0 Å². The maximum absolute atomic E-state index is 12.9. The van der Waals surface area contributed by atoms with Crippen LogP contribution in [0.25, 0.3) is 0 Å². The summed E-state index contributed by atoms with van der Waals surface area (Å²) < 4.78 is 5.56. The third-order valence-corrected chi connectivity index (χ3v) is 4.30. The van der Waals surface area contributed by atoms with E-state index in [-0.39, 0.29) is 11.8 Å². The molecule has 0 bridgehead atoms. The number of benzene rings is 2. The Morgan fingerprint density at radius 3 is 2.26 bits per heavy atom. The van der Waals surface area contributed by atoms with Gasteiger partial charge < -0.3 is 9.64 Å². The van der Waals surface area contributed by atoms with Crippen LogP contribution in [0.1, 0.15) is 48.2 Å². The van der Waals surface area contributed by atoms with Crippen LogP contribution in [-0.2, 0) is 0 Å². The summed E-state index contributed by atoms with van der Waals surface area (Å²) >= 11 is 0. The second kappa shape index (κ2) is 7.82. The second-order valence-corrected chi connectivity index (χ2v) is 5.53. The van der Waals surface area contributed by atoms with E-state index < -0.39 is 0 Å². The standard InChI is InChI=1S/C20H25NO2/c1-5-21(6-2)20(22)17-13-10-14-18(23-4)19(17)15(3)16-11-8-7-9-12-16/h7-15H,5-6H2,1-4H3/t15-/m1/s1. The van der Waals surface area contributed by atoms with Gasteiger partial charge in [-0.3, -0.25) is 4.79 Å². The molecule has 0 aromatic heterocycles. The van der Waals surface area contributed by atoms with Gasteiger partial charge in [0.05, 0.1) is 7.11 Å². The number of nitrogens with zero attached hydrogens (tertiary/aromatic N) is 1. The first-order chi connectivity index (χ1) is 11.1. The lowest BCUT2D eigenvalue weighted by molar-refractivity contribution is 0.0771. The minimum Gasteiger partial charge on any atom is -0.496 e. The zero-order valence-corrected chi connectivity index (χ0v) is 14.4. The number of rotatable bonds is 6. The summed E-state index contributed by atoms with van der Waals surface area (Å²) in [5.41, 5.74) is 2.85. The highest BCUT2D eigenvalue weighted by atomic mass is 16.5. The summed E-state index contributed by atoms with van der Waals surface area (Å²) in [5, 5.41) is 0. The fraction of sp³-hybridized carbons (Fsp3) is 0.350. The van der Waals surface area contributed by atoms with E-state index >= 15 is 0 Å². The van der Waals surface area contributed by atoms with Crippen LogP contribution >= 0.6 is 0 Å². The largest absolute Gasteiger partial charge is 0.496 e. The van der Waals surface area contributed by atoms with E-state index in [0.29, 0.717) is 13.1 Å². The van der Waals surface area contributed by atoms with Gasteiger partial charge in [-0.25, -0.2) is 0 Å². The number of carbonyl (C=O) groups excluding carboxylic acids is 1. The van der Waals surface area contributed by atoms with Gasteiger partial charge in [0.2, 0.25) is 0 Å². The Morgan fingerprint density at radius 1 is 1.04 bits per heavy atom. The van der Waals surface area contributed by atoms with Gasteiger partial charge in [-0.05, 0) is 31.5 Å². The molecule has 0 fully saturated rings. The average molecular weight is 311 g/mol. The summed E-state index contributed by atoms with van der Waals surface area (Å²) in [4.78, 5) is 14.7. The molecule has 2 aromatic carbocycles. The average Bonchev–Trinajstić information content (AvgIpc) is 2.62. The smallest absolute Gasteiger partial charge is 0.254 e. The molecule has 3 nitrogen and oxygen atoms in total. The Morgan fingerprint density at radius 2 is 1.70 bits per heavy atom. The first-order valence-electron chi connectivity index (χ1n) is 8.15. The van der Waals surface area contributed by atoms with E-state index in [2.05, 4.69) is 19.1 Å². The summed E-state index contributed by atoms with van der Waals surface area (Å²) in [6.45, 7) is 7.52. The van der Waals surface area contributed by atoms with Crippen LogP contribution < -0.4 is 4.74 Å². The summed E-state index contributed by atoms with van der Waals surface area (Å²) in [5.74, 6) is 0.910. The number of hydrogen-bond donors (Lipinski definition) is 0. The molecule has 0 saturated carbocycles. The topological polar surface area (TPSA) is 29.5 Å². The van der Waals surface area contributed by atoms with Gasteiger partial charge in [0, 0.05) is 30.1 Å². The third kappa shape index (κ3) is 3.55. The summed E-state index contributed by atoms with van der Waals surface area (Å²) in [6.07, 6.45) is 0. The first kappa shape index (κ1) is 17.1. The molecule has 0 unspecified atom stereocenters. The molecule has 0 N–H and O–H groups in total. The van der Waals surface area contributed by atoms with Crippen molar-refractivity contribution in [3.8, 4) is 5.75 Å². The quantitative estimate of drug-likeness (QED) is 0.794. The molecular weight excluding hydrogens is 286 g/mol. The predicted molar refractivity (Wildman–Crippen MR) is 94.2 cm³/mol. The van der Waals surface area contributed by atoms with Gasteiger partial charge in [-0.1, -0.05) is 43.3 Å². The van der Waals surface area contributed by atoms with E-state index in [4.69, 9.17) is 4.74 Å². The molecule has 0 aliphatic rings. The lowest BCUT2D eigenvalue weighted by atomic mass is 9.88. The van der Waals surface area contributed by atoms with Crippen molar-refractivity contribution in [3.05, 3.63) is 65.2 Å². The molecule has 1 atom stereocenters. The molecule has 0 aliphatic carbocycles. The first-order valence-corrected chi connectivity index (χ1v) is 8.15. The number of carbonyl (C=O) groups is 1. The van der Waals surface area contributed by atoms with Crippen LogP contribution in [0, 0.1) is 0 Å². The molecule has 0 saturated heterocycles. The lowest BCUT2D eigenvalue weighted by Gasteiger charge is -2.24. The molecule has 2 rings (SSSR count). The van der Waals surface area contributed by atoms with Gasteiger partial charge in [0.15, 0.2) is 0 Å². The van der Waals surface area contributed by atoms with E-state index in [1.54, 1.807) is 7.11 Å². The Kier molecular flexibility index (Phi) is 5.80. The monoisotopic (exact) mass is 311 g/mol. The van der Waals surface area contributed by atoms with Gasteiger partial charge in [-0.2, -0.15) is 0 Å². The molecule has 3 heteroatoms. The van der Waals surface area contributed by atoms with Crippen LogP contribution in [0.15, 0.2) is 48.5 Å². The van der Waals surface area contributed by atoms with Crippen molar-refractivity contribution >= 4 is 5.91 Å². The van der Waals surface area contributed by atoms with Gasteiger partial charge in [-0.15, -0.1) is 0 Å². The highest BCUT2D eigenvalue weighted by molar-refractivity contribution is 5.96. The minimum absolute atomic E-state index is 0.0617. The Labute approximate surface area is 138 Å².